The molecule has 406 valence electrons. The van der Waals surface area contributed by atoms with E-state index in [1.807, 2.05) is 0 Å². The molecule has 0 aliphatic rings. The van der Waals surface area contributed by atoms with E-state index >= 15 is 0 Å². The molecular weight excluding hydrogens is 865 g/mol. The lowest BCUT2D eigenvalue weighted by molar-refractivity contribution is -0.167. The van der Waals surface area contributed by atoms with Crippen LogP contribution in [-0.4, -0.2) is 37.2 Å². The fourth-order valence-corrected chi connectivity index (χ4v) is 8.72. The zero-order valence-corrected chi connectivity index (χ0v) is 46.5. The van der Waals surface area contributed by atoms with Gasteiger partial charge >= 0.3 is 17.9 Å². The lowest BCUT2D eigenvalue weighted by Gasteiger charge is -2.18. The fraction of sp³-hybridized carbons (Fsp3) is 0.797. The highest BCUT2D eigenvalue weighted by atomic mass is 16.6. The standard InChI is InChI=1S/C64H114O6/c1-4-7-10-13-16-19-22-25-28-30-31-32-33-35-36-39-42-45-48-51-54-57-63(66)69-60-61(59-68-62(65)56-53-50-47-44-41-38-27-24-21-18-15-12-9-6-3)70-64(67)58-55-52-49-46-43-40-37-34-29-26-23-20-17-14-11-8-5-2/h7,10,16,19,24-25,27-28,31-32,61H,4-6,8-9,11-15,17-18,20-23,26,29-30,33-60H2,1-3H3/b10-7-,19-16-,27-24-,28-25-,32-31-. The highest BCUT2D eigenvalue weighted by molar-refractivity contribution is 5.71. The van der Waals surface area contributed by atoms with Crippen LogP contribution >= 0.6 is 0 Å². The summed E-state index contributed by atoms with van der Waals surface area (Å²) in [5, 5.41) is 0. The van der Waals surface area contributed by atoms with Crippen molar-refractivity contribution < 1.29 is 28.6 Å². The maximum Gasteiger partial charge on any atom is 0.306 e. The van der Waals surface area contributed by atoms with Crippen molar-refractivity contribution in [2.75, 3.05) is 13.2 Å². The number of unbranched alkanes of at least 4 members (excludes halogenated alkanes) is 34. The Balaban J connectivity index is 4.35. The number of ether oxygens (including phenoxy) is 3. The van der Waals surface area contributed by atoms with Crippen molar-refractivity contribution in [2.45, 2.75) is 316 Å². The number of carbonyl (C=O) groups is 3. The Morgan fingerprint density at radius 2 is 0.557 bits per heavy atom. The van der Waals surface area contributed by atoms with Gasteiger partial charge in [-0.25, -0.2) is 0 Å². The molecule has 0 heterocycles. The summed E-state index contributed by atoms with van der Waals surface area (Å²) >= 11 is 0. The molecule has 0 aliphatic heterocycles. The molecule has 1 unspecified atom stereocenters. The minimum absolute atomic E-state index is 0.0781. The van der Waals surface area contributed by atoms with Gasteiger partial charge in [0.15, 0.2) is 6.10 Å². The molecule has 0 amide bonds. The van der Waals surface area contributed by atoms with E-state index in [0.717, 1.165) is 96.3 Å². The third kappa shape index (κ3) is 56.0. The number of rotatable bonds is 55. The van der Waals surface area contributed by atoms with Gasteiger partial charge in [0.1, 0.15) is 13.2 Å². The second-order valence-electron chi connectivity index (χ2n) is 20.2. The van der Waals surface area contributed by atoms with Gasteiger partial charge in [-0.1, -0.05) is 268 Å². The summed E-state index contributed by atoms with van der Waals surface area (Å²) in [4.78, 5) is 38.2. The molecule has 0 aromatic carbocycles. The maximum atomic E-state index is 12.9. The molecule has 0 aliphatic carbocycles. The van der Waals surface area contributed by atoms with Crippen LogP contribution in [0.15, 0.2) is 60.8 Å². The third-order valence-corrected chi connectivity index (χ3v) is 13.3. The Hall–Kier alpha value is -2.89. The normalized spacial score (nSPS) is 12.4. The Kier molecular flexibility index (Phi) is 56.3. The molecule has 0 saturated heterocycles. The van der Waals surface area contributed by atoms with Gasteiger partial charge in [0.25, 0.3) is 0 Å². The molecule has 70 heavy (non-hydrogen) atoms. The molecule has 0 aromatic rings. The van der Waals surface area contributed by atoms with Gasteiger partial charge in [-0.15, -0.1) is 0 Å². The van der Waals surface area contributed by atoms with Crippen LogP contribution in [0.2, 0.25) is 0 Å². The van der Waals surface area contributed by atoms with Crippen molar-refractivity contribution in [3.05, 3.63) is 60.8 Å². The van der Waals surface area contributed by atoms with Crippen LogP contribution in [-0.2, 0) is 28.6 Å². The van der Waals surface area contributed by atoms with Crippen molar-refractivity contribution in [3.8, 4) is 0 Å². The molecule has 0 bridgehead atoms. The second-order valence-corrected chi connectivity index (χ2v) is 20.2. The predicted octanol–water partition coefficient (Wildman–Crippen LogP) is 20.4. The molecule has 0 radical (unpaired) electrons. The zero-order chi connectivity index (χ0) is 50.7. The first-order valence-corrected chi connectivity index (χ1v) is 30.3. The van der Waals surface area contributed by atoms with E-state index in [0.29, 0.717) is 19.3 Å². The Morgan fingerprint density at radius 3 is 0.886 bits per heavy atom. The van der Waals surface area contributed by atoms with Crippen molar-refractivity contribution in [1.82, 2.24) is 0 Å². The van der Waals surface area contributed by atoms with E-state index in [1.165, 1.54) is 173 Å². The van der Waals surface area contributed by atoms with Crippen LogP contribution < -0.4 is 0 Å². The third-order valence-electron chi connectivity index (χ3n) is 13.3. The van der Waals surface area contributed by atoms with E-state index in [9.17, 15) is 14.4 Å². The molecular formula is C64H114O6. The van der Waals surface area contributed by atoms with E-state index in [1.54, 1.807) is 0 Å². The smallest absolute Gasteiger partial charge is 0.306 e. The summed E-state index contributed by atoms with van der Waals surface area (Å²) in [7, 11) is 0. The number of hydrogen-bond donors (Lipinski definition) is 0. The molecule has 0 rings (SSSR count). The number of hydrogen-bond acceptors (Lipinski definition) is 6. The Morgan fingerprint density at radius 1 is 0.300 bits per heavy atom. The molecule has 6 heteroatoms. The van der Waals surface area contributed by atoms with Crippen LogP contribution in [0.25, 0.3) is 0 Å². The van der Waals surface area contributed by atoms with Gasteiger partial charge in [-0.3, -0.25) is 14.4 Å². The van der Waals surface area contributed by atoms with Gasteiger partial charge in [-0.05, 0) is 83.5 Å². The quantitative estimate of drug-likeness (QED) is 0.0261. The number of carbonyl (C=O) groups excluding carboxylic acids is 3. The van der Waals surface area contributed by atoms with Crippen molar-refractivity contribution in [3.63, 3.8) is 0 Å². The SMILES string of the molecule is CC/C=C\C/C=C\C/C=C\C/C=C\CCCCCCCCCCC(=O)OCC(COC(=O)CCCCCCC/C=C\CCCCCCC)OC(=O)CCCCCCCCCCCCCCCCCCC. The van der Waals surface area contributed by atoms with Gasteiger partial charge in [0, 0.05) is 19.3 Å². The minimum Gasteiger partial charge on any atom is -0.462 e. The van der Waals surface area contributed by atoms with Gasteiger partial charge in [0.05, 0.1) is 0 Å². The van der Waals surface area contributed by atoms with Crippen LogP contribution in [0.5, 0.6) is 0 Å². The van der Waals surface area contributed by atoms with Gasteiger partial charge in [0.2, 0.25) is 0 Å². The van der Waals surface area contributed by atoms with Crippen molar-refractivity contribution in [2.24, 2.45) is 0 Å². The van der Waals surface area contributed by atoms with E-state index in [2.05, 4.69) is 81.5 Å². The maximum absolute atomic E-state index is 12.9. The average Bonchev–Trinajstić information content (AvgIpc) is 3.36. The topological polar surface area (TPSA) is 78.9 Å². The molecule has 0 saturated carbocycles. The molecule has 1 atom stereocenters. The fourth-order valence-electron chi connectivity index (χ4n) is 8.72. The van der Waals surface area contributed by atoms with Gasteiger partial charge < -0.3 is 14.2 Å². The van der Waals surface area contributed by atoms with E-state index < -0.39 is 6.10 Å². The Labute approximate surface area is 434 Å². The monoisotopic (exact) mass is 979 g/mol. The first-order valence-electron chi connectivity index (χ1n) is 30.3. The summed E-state index contributed by atoms with van der Waals surface area (Å²) in [6.45, 7) is 6.54. The summed E-state index contributed by atoms with van der Waals surface area (Å²) in [5.74, 6) is -0.878. The lowest BCUT2D eigenvalue weighted by atomic mass is 10.0. The molecule has 0 fully saturated rings. The second kappa shape index (κ2) is 58.7. The van der Waals surface area contributed by atoms with Crippen molar-refractivity contribution >= 4 is 17.9 Å². The number of esters is 3. The van der Waals surface area contributed by atoms with Crippen molar-refractivity contribution in [1.29, 1.82) is 0 Å². The molecule has 6 nitrogen and oxygen atoms in total. The predicted molar refractivity (Wildman–Crippen MR) is 302 cm³/mol. The summed E-state index contributed by atoms with van der Waals surface area (Å²) < 4.78 is 16.9. The average molecular weight is 980 g/mol. The summed E-state index contributed by atoms with van der Waals surface area (Å²) in [6, 6.07) is 0. The van der Waals surface area contributed by atoms with Crippen LogP contribution in [0.4, 0.5) is 0 Å². The zero-order valence-electron chi connectivity index (χ0n) is 46.5. The van der Waals surface area contributed by atoms with E-state index in [-0.39, 0.29) is 31.1 Å². The van der Waals surface area contributed by atoms with E-state index in [4.69, 9.17) is 14.2 Å². The Bertz CT molecular complexity index is 1260. The highest BCUT2D eigenvalue weighted by Gasteiger charge is 2.19. The molecule has 0 N–H and O–H groups in total. The summed E-state index contributed by atoms with van der Waals surface area (Å²) in [5.41, 5.74) is 0. The van der Waals surface area contributed by atoms with Crippen LogP contribution in [0.3, 0.4) is 0 Å². The number of allylic oxidation sites excluding steroid dienone is 10. The summed E-state index contributed by atoms with van der Waals surface area (Å²) in [6.07, 6.45) is 73.5. The first-order chi connectivity index (χ1) is 34.5. The highest BCUT2D eigenvalue weighted by Crippen LogP contribution is 2.17. The first kappa shape index (κ1) is 67.1. The molecule has 0 aromatic heterocycles. The lowest BCUT2D eigenvalue weighted by Crippen LogP contribution is -2.30. The molecule has 0 spiro atoms. The largest absolute Gasteiger partial charge is 0.462 e. The van der Waals surface area contributed by atoms with Crippen LogP contribution in [0, 0.1) is 0 Å². The van der Waals surface area contributed by atoms with Gasteiger partial charge in [-0.2, -0.15) is 0 Å². The minimum atomic E-state index is -0.779. The van der Waals surface area contributed by atoms with Crippen LogP contribution in [0.1, 0.15) is 310 Å².